The summed E-state index contributed by atoms with van der Waals surface area (Å²) < 4.78 is 46.3. The largest absolute Gasteiger partial charge is 0.490 e. The van der Waals surface area contributed by atoms with Gasteiger partial charge in [-0.2, -0.15) is 18.4 Å². The van der Waals surface area contributed by atoms with E-state index in [2.05, 4.69) is 15.6 Å². The molecule has 2 aromatic rings. The van der Waals surface area contributed by atoms with Gasteiger partial charge in [0, 0.05) is 13.1 Å². The highest BCUT2D eigenvalue weighted by Crippen LogP contribution is 2.35. The van der Waals surface area contributed by atoms with Crippen molar-refractivity contribution < 1.29 is 22.7 Å². The van der Waals surface area contributed by atoms with Crippen LogP contribution in [0.15, 0.2) is 24.4 Å². The molecule has 1 fully saturated rings. The molecule has 148 valence electrons. The second-order valence-electron chi connectivity index (χ2n) is 6.66. The van der Waals surface area contributed by atoms with Crippen LogP contribution in [0.2, 0.25) is 0 Å². The minimum Gasteiger partial charge on any atom is -0.490 e. The lowest BCUT2D eigenvalue weighted by Gasteiger charge is -2.29. The van der Waals surface area contributed by atoms with Crippen molar-refractivity contribution in [2.45, 2.75) is 44.0 Å². The Morgan fingerprint density at radius 2 is 2.04 bits per heavy atom. The highest BCUT2D eigenvalue weighted by atomic mass is 19.4. The van der Waals surface area contributed by atoms with E-state index in [9.17, 15) is 18.0 Å². The Labute approximate surface area is 159 Å². The summed E-state index contributed by atoms with van der Waals surface area (Å²) in [5.41, 5.74) is -1.20. The van der Waals surface area contributed by atoms with Gasteiger partial charge < -0.3 is 10.1 Å². The molecule has 1 aliphatic carbocycles. The van der Waals surface area contributed by atoms with Crippen LogP contribution in [0, 0.1) is 11.3 Å². The molecule has 28 heavy (non-hydrogen) atoms. The first-order valence-corrected chi connectivity index (χ1v) is 8.71. The number of nitriles is 1. The van der Waals surface area contributed by atoms with Gasteiger partial charge in [-0.3, -0.25) is 9.48 Å². The van der Waals surface area contributed by atoms with Gasteiger partial charge >= 0.3 is 6.18 Å². The van der Waals surface area contributed by atoms with Crippen molar-refractivity contribution in [3.8, 4) is 11.8 Å². The third-order valence-corrected chi connectivity index (χ3v) is 4.56. The molecule has 0 spiro atoms. The summed E-state index contributed by atoms with van der Waals surface area (Å²) >= 11 is 0. The zero-order valence-electron chi connectivity index (χ0n) is 15.0. The smallest absolute Gasteiger partial charge is 0.417 e. The standard InChI is InChI=1S/C18H18F3N5O2/c1-26-10-16(24-25-26)17(27)23-12-3-6-13(7-4-12)28-14-5-2-11(9-22)15(8-14)18(19,20)21/h2,5,8,10,12-13H,3-4,6-7H2,1H3,(H,23,27). The van der Waals surface area contributed by atoms with Crippen molar-refractivity contribution in [3.05, 3.63) is 41.2 Å². The molecule has 10 heteroatoms. The lowest BCUT2D eigenvalue weighted by Crippen LogP contribution is -2.39. The Morgan fingerprint density at radius 1 is 1.32 bits per heavy atom. The van der Waals surface area contributed by atoms with Gasteiger partial charge in [0.2, 0.25) is 0 Å². The predicted molar refractivity (Wildman–Crippen MR) is 91.3 cm³/mol. The van der Waals surface area contributed by atoms with Crippen LogP contribution in [0.3, 0.4) is 0 Å². The second-order valence-corrected chi connectivity index (χ2v) is 6.66. The summed E-state index contributed by atoms with van der Waals surface area (Å²) in [5, 5.41) is 19.2. The van der Waals surface area contributed by atoms with E-state index in [1.165, 1.54) is 16.9 Å². The third-order valence-electron chi connectivity index (χ3n) is 4.56. The second kappa shape index (κ2) is 7.88. The zero-order chi connectivity index (χ0) is 20.3. The lowest BCUT2D eigenvalue weighted by molar-refractivity contribution is -0.137. The monoisotopic (exact) mass is 393 g/mol. The highest BCUT2D eigenvalue weighted by molar-refractivity contribution is 5.92. The number of aryl methyl sites for hydroxylation is 1. The Morgan fingerprint density at radius 3 is 2.61 bits per heavy atom. The molecule has 0 aliphatic heterocycles. The van der Waals surface area contributed by atoms with E-state index in [0.29, 0.717) is 25.7 Å². The van der Waals surface area contributed by atoms with E-state index >= 15 is 0 Å². The van der Waals surface area contributed by atoms with E-state index < -0.39 is 17.3 Å². The first kappa shape index (κ1) is 19.7. The number of hydrogen-bond donors (Lipinski definition) is 1. The number of benzene rings is 1. The maximum absolute atomic E-state index is 13.1. The molecule has 3 rings (SSSR count). The number of nitrogens with zero attached hydrogens (tertiary/aromatic N) is 4. The highest BCUT2D eigenvalue weighted by Gasteiger charge is 2.34. The Hall–Kier alpha value is -3.09. The van der Waals surface area contributed by atoms with Gasteiger partial charge in [-0.05, 0) is 43.9 Å². The van der Waals surface area contributed by atoms with Crippen LogP contribution in [0.1, 0.15) is 47.3 Å². The number of amides is 1. The summed E-state index contributed by atoms with van der Waals surface area (Å²) in [6.45, 7) is 0. The van der Waals surface area contributed by atoms with Crippen LogP contribution < -0.4 is 10.1 Å². The number of hydrogen-bond acceptors (Lipinski definition) is 5. The Balaban J connectivity index is 1.56. The fourth-order valence-electron chi connectivity index (χ4n) is 3.16. The number of alkyl halides is 3. The van der Waals surface area contributed by atoms with Gasteiger partial charge in [-0.15, -0.1) is 5.10 Å². The molecule has 0 atom stereocenters. The van der Waals surface area contributed by atoms with Crippen molar-refractivity contribution >= 4 is 5.91 Å². The molecular formula is C18H18F3N5O2. The number of halogens is 3. The minimum absolute atomic E-state index is 0.0546. The van der Waals surface area contributed by atoms with Crippen molar-refractivity contribution in [1.82, 2.24) is 20.3 Å². The van der Waals surface area contributed by atoms with E-state index in [1.807, 2.05) is 0 Å². The molecule has 0 bridgehead atoms. The molecule has 1 aromatic carbocycles. The molecule has 1 heterocycles. The van der Waals surface area contributed by atoms with Crippen LogP contribution in [0.25, 0.3) is 0 Å². The summed E-state index contributed by atoms with van der Waals surface area (Å²) in [4.78, 5) is 12.1. The quantitative estimate of drug-likeness (QED) is 0.862. The molecule has 1 N–H and O–H groups in total. The van der Waals surface area contributed by atoms with Crippen LogP contribution in [-0.4, -0.2) is 33.0 Å². The molecule has 7 nitrogen and oxygen atoms in total. The van der Waals surface area contributed by atoms with Crippen molar-refractivity contribution in [2.24, 2.45) is 7.05 Å². The minimum atomic E-state index is -4.62. The van der Waals surface area contributed by atoms with Gasteiger partial charge in [-0.25, -0.2) is 0 Å². The van der Waals surface area contributed by atoms with Gasteiger partial charge in [0.25, 0.3) is 5.91 Å². The zero-order valence-corrected chi connectivity index (χ0v) is 15.0. The van der Waals surface area contributed by atoms with Crippen LogP contribution in [0.4, 0.5) is 13.2 Å². The molecule has 0 unspecified atom stereocenters. The van der Waals surface area contributed by atoms with Crippen LogP contribution in [0.5, 0.6) is 5.75 Å². The number of ether oxygens (including phenoxy) is 1. The van der Waals surface area contributed by atoms with Crippen LogP contribution >= 0.6 is 0 Å². The van der Waals surface area contributed by atoms with E-state index in [4.69, 9.17) is 10.00 Å². The molecule has 0 saturated heterocycles. The van der Waals surface area contributed by atoms with E-state index in [-0.39, 0.29) is 29.5 Å². The third kappa shape index (κ3) is 4.60. The van der Waals surface area contributed by atoms with Crippen molar-refractivity contribution in [2.75, 3.05) is 0 Å². The average Bonchev–Trinajstić information content (AvgIpc) is 3.09. The van der Waals surface area contributed by atoms with E-state index in [1.54, 1.807) is 13.1 Å². The SMILES string of the molecule is Cn1cc(C(=O)NC2CCC(Oc3ccc(C#N)c(C(F)(F)F)c3)CC2)nn1. The fraction of sp³-hybridized carbons (Fsp3) is 0.444. The predicted octanol–water partition coefficient (Wildman–Crippen LogP) is 2.83. The fourth-order valence-corrected chi connectivity index (χ4v) is 3.16. The maximum atomic E-state index is 13.1. The molecule has 1 saturated carbocycles. The van der Waals surface area contributed by atoms with Gasteiger partial charge in [0.1, 0.15) is 5.75 Å². The van der Waals surface area contributed by atoms with Gasteiger partial charge in [-0.1, -0.05) is 5.21 Å². The number of aromatic nitrogens is 3. The van der Waals surface area contributed by atoms with Gasteiger partial charge in [0.15, 0.2) is 5.69 Å². The number of rotatable bonds is 4. The average molecular weight is 393 g/mol. The molecule has 0 radical (unpaired) electrons. The molecule has 1 amide bonds. The summed E-state index contributed by atoms with van der Waals surface area (Å²) in [7, 11) is 1.67. The first-order valence-electron chi connectivity index (χ1n) is 8.71. The van der Waals surface area contributed by atoms with E-state index in [0.717, 1.165) is 12.1 Å². The van der Waals surface area contributed by atoms with Gasteiger partial charge in [0.05, 0.1) is 29.5 Å². The summed E-state index contributed by atoms with van der Waals surface area (Å²) in [5.74, 6) is -0.224. The molecule has 1 aliphatic rings. The lowest BCUT2D eigenvalue weighted by atomic mass is 9.92. The molecular weight excluding hydrogens is 375 g/mol. The summed E-state index contributed by atoms with van der Waals surface area (Å²) in [6.07, 6.45) is -0.892. The normalized spacial score (nSPS) is 19.7. The number of carbonyl (C=O) groups excluding carboxylic acids is 1. The maximum Gasteiger partial charge on any atom is 0.417 e. The summed E-state index contributed by atoms with van der Waals surface area (Å²) in [6, 6.07) is 4.84. The number of nitrogens with one attached hydrogen (secondary N) is 1. The first-order chi connectivity index (χ1) is 13.3. The Kier molecular flexibility index (Phi) is 5.53. The topological polar surface area (TPSA) is 92.8 Å². The van der Waals surface area contributed by atoms with Crippen LogP contribution in [-0.2, 0) is 13.2 Å². The van der Waals surface area contributed by atoms with Crippen molar-refractivity contribution in [3.63, 3.8) is 0 Å². The Bertz CT molecular complexity index is 895. The molecule has 1 aromatic heterocycles. The van der Waals surface area contributed by atoms with Crippen molar-refractivity contribution in [1.29, 1.82) is 5.26 Å². The number of carbonyl (C=O) groups is 1.